The minimum absolute atomic E-state index is 0.0110. The molecule has 0 aliphatic rings. The Balaban J connectivity index is 1.74. The Morgan fingerprint density at radius 2 is 1.79 bits per heavy atom. The third-order valence-electron chi connectivity index (χ3n) is 3.68. The summed E-state index contributed by atoms with van der Waals surface area (Å²) in [6.45, 7) is 7.25. The normalized spacial score (nSPS) is 12.1. The van der Waals surface area contributed by atoms with Crippen molar-refractivity contribution in [2.75, 3.05) is 10.6 Å². The largest absolute Gasteiger partial charge is 0.475 e. The van der Waals surface area contributed by atoms with Crippen molar-refractivity contribution in [1.29, 1.82) is 0 Å². The van der Waals surface area contributed by atoms with E-state index in [-0.39, 0.29) is 18.0 Å². The Bertz CT molecular complexity index is 961. The summed E-state index contributed by atoms with van der Waals surface area (Å²) in [5.74, 6) is 0.701. The number of hydrogen-bond acceptors (Lipinski definition) is 7. The molecule has 0 aliphatic heterocycles. The Kier molecular flexibility index (Phi) is 5.67. The third kappa shape index (κ3) is 4.90. The number of benzene rings is 1. The van der Waals surface area contributed by atoms with Crippen molar-refractivity contribution in [3.63, 3.8) is 0 Å². The van der Waals surface area contributed by atoms with Crippen LogP contribution >= 0.6 is 0 Å². The van der Waals surface area contributed by atoms with Gasteiger partial charge in [0.25, 0.3) is 0 Å². The standard InChI is InChI=1S/C18H21F2N7O/c1-9(2)28-16-8-15(26-27-16)24-18-23-11(4)22-17(25-18)21-10(3)13-6-5-12(19)7-14(13)20/h5-10H,1-4H3,(H3,21,22,23,24,25,26,27). The first-order valence-electron chi connectivity index (χ1n) is 8.73. The van der Waals surface area contributed by atoms with Crippen molar-refractivity contribution < 1.29 is 13.5 Å². The van der Waals surface area contributed by atoms with Crippen LogP contribution in [0, 0.1) is 18.6 Å². The average Bonchev–Trinajstić information content (AvgIpc) is 3.00. The molecular formula is C18H21F2N7O. The van der Waals surface area contributed by atoms with Crippen LogP contribution in [-0.4, -0.2) is 31.3 Å². The number of aryl methyl sites for hydroxylation is 1. The maximum absolute atomic E-state index is 14.0. The Morgan fingerprint density at radius 1 is 1.04 bits per heavy atom. The Morgan fingerprint density at radius 3 is 2.50 bits per heavy atom. The van der Waals surface area contributed by atoms with Crippen LogP contribution in [0.25, 0.3) is 0 Å². The number of aromatic amines is 1. The second-order valence-corrected chi connectivity index (χ2v) is 6.47. The number of nitrogens with one attached hydrogen (secondary N) is 3. The van der Waals surface area contributed by atoms with Gasteiger partial charge in [0.1, 0.15) is 17.5 Å². The molecule has 1 aromatic carbocycles. The summed E-state index contributed by atoms with van der Waals surface area (Å²) < 4.78 is 32.6. The maximum Gasteiger partial charge on any atom is 0.233 e. The molecule has 3 N–H and O–H groups in total. The van der Waals surface area contributed by atoms with Gasteiger partial charge in [0.05, 0.1) is 12.1 Å². The summed E-state index contributed by atoms with van der Waals surface area (Å²) >= 11 is 0. The van der Waals surface area contributed by atoms with Gasteiger partial charge in [-0.15, -0.1) is 0 Å². The number of aromatic nitrogens is 5. The van der Waals surface area contributed by atoms with Gasteiger partial charge in [-0.1, -0.05) is 6.07 Å². The number of ether oxygens (including phenoxy) is 1. The number of nitrogens with zero attached hydrogens (tertiary/aromatic N) is 4. The summed E-state index contributed by atoms with van der Waals surface area (Å²) in [5.41, 5.74) is 0.303. The van der Waals surface area contributed by atoms with Gasteiger partial charge in [0.15, 0.2) is 5.82 Å². The molecule has 0 saturated heterocycles. The molecule has 3 rings (SSSR count). The molecule has 0 amide bonds. The fourth-order valence-electron chi connectivity index (χ4n) is 2.52. The van der Waals surface area contributed by atoms with Crippen molar-refractivity contribution in [3.8, 4) is 5.88 Å². The molecule has 28 heavy (non-hydrogen) atoms. The van der Waals surface area contributed by atoms with Crippen molar-refractivity contribution in [2.24, 2.45) is 0 Å². The molecule has 2 aromatic heterocycles. The molecule has 10 heteroatoms. The highest BCUT2D eigenvalue weighted by Crippen LogP contribution is 2.22. The second kappa shape index (κ2) is 8.15. The van der Waals surface area contributed by atoms with Gasteiger partial charge >= 0.3 is 0 Å². The third-order valence-corrected chi connectivity index (χ3v) is 3.68. The molecule has 8 nitrogen and oxygen atoms in total. The molecule has 0 bridgehead atoms. The fourth-order valence-corrected chi connectivity index (χ4v) is 2.52. The lowest BCUT2D eigenvalue weighted by atomic mass is 10.1. The maximum atomic E-state index is 14.0. The number of anilines is 3. The van der Waals surface area contributed by atoms with Gasteiger partial charge in [-0.2, -0.15) is 20.1 Å². The summed E-state index contributed by atoms with van der Waals surface area (Å²) in [5, 5.41) is 12.8. The topological polar surface area (TPSA) is 101 Å². The summed E-state index contributed by atoms with van der Waals surface area (Å²) in [7, 11) is 0. The molecule has 0 spiro atoms. The molecule has 0 aliphatic carbocycles. The average molecular weight is 389 g/mol. The minimum Gasteiger partial charge on any atom is -0.475 e. The van der Waals surface area contributed by atoms with Crippen LogP contribution in [0.3, 0.4) is 0 Å². The predicted octanol–water partition coefficient (Wildman–Crippen LogP) is 3.89. The SMILES string of the molecule is Cc1nc(Nc2cc(OC(C)C)[nH]n2)nc(NC(C)c2ccc(F)cc2F)n1. The van der Waals surface area contributed by atoms with E-state index in [1.165, 1.54) is 12.1 Å². The molecule has 0 radical (unpaired) electrons. The number of halogens is 2. The molecule has 0 saturated carbocycles. The van der Waals surface area contributed by atoms with Crippen LogP contribution in [0.1, 0.15) is 38.2 Å². The Labute approximate surface area is 160 Å². The zero-order valence-corrected chi connectivity index (χ0v) is 15.9. The van der Waals surface area contributed by atoms with Crippen LogP contribution in [0.15, 0.2) is 24.3 Å². The van der Waals surface area contributed by atoms with E-state index in [0.29, 0.717) is 23.1 Å². The van der Waals surface area contributed by atoms with E-state index in [9.17, 15) is 8.78 Å². The van der Waals surface area contributed by atoms with E-state index in [1.807, 2.05) is 13.8 Å². The summed E-state index contributed by atoms with van der Waals surface area (Å²) in [6.07, 6.45) is 0.0110. The van der Waals surface area contributed by atoms with Crippen LogP contribution in [0.5, 0.6) is 5.88 Å². The highest BCUT2D eigenvalue weighted by atomic mass is 19.1. The summed E-state index contributed by atoms with van der Waals surface area (Å²) in [6, 6.07) is 4.63. The lowest BCUT2D eigenvalue weighted by Crippen LogP contribution is -2.13. The first kappa shape index (κ1) is 19.5. The van der Waals surface area contributed by atoms with Gasteiger partial charge in [-0.25, -0.2) is 13.9 Å². The molecule has 1 unspecified atom stereocenters. The van der Waals surface area contributed by atoms with Gasteiger partial charge in [-0.05, 0) is 33.8 Å². The molecule has 3 aromatic rings. The number of hydrogen-bond donors (Lipinski definition) is 3. The van der Waals surface area contributed by atoms with Crippen molar-refractivity contribution in [3.05, 3.63) is 47.3 Å². The van der Waals surface area contributed by atoms with E-state index >= 15 is 0 Å². The quantitative estimate of drug-likeness (QED) is 0.564. The molecule has 148 valence electrons. The van der Waals surface area contributed by atoms with E-state index in [4.69, 9.17) is 4.74 Å². The van der Waals surface area contributed by atoms with E-state index in [0.717, 1.165) is 6.07 Å². The summed E-state index contributed by atoms with van der Waals surface area (Å²) in [4.78, 5) is 12.7. The lowest BCUT2D eigenvalue weighted by Gasteiger charge is -2.15. The first-order valence-corrected chi connectivity index (χ1v) is 8.73. The zero-order valence-electron chi connectivity index (χ0n) is 15.9. The number of rotatable bonds is 7. The van der Waals surface area contributed by atoms with E-state index < -0.39 is 17.7 Å². The van der Waals surface area contributed by atoms with Crippen LogP contribution < -0.4 is 15.4 Å². The van der Waals surface area contributed by atoms with Gasteiger partial charge < -0.3 is 15.4 Å². The highest BCUT2D eigenvalue weighted by molar-refractivity contribution is 5.50. The fraction of sp³-hybridized carbons (Fsp3) is 0.333. The Hall–Kier alpha value is -3.30. The highest BCUT2D eigenvalue weighted by Gasteiger charge is 2.14. The van der Waals surface area contributed by atoms with Gasteiger partial charge in [0.2, 0.25) is 17.8 Å². The minimum atomic E-state index is -0.640. The monoisotopic (exact) mass is 389 g/mol. The second-order valence-electron chi connectivity index (χ2n) is 6.47. The van der Waals surface area contributed by atoms with Crippen LogP contribution in [0.4, 0.5) is 26.5 Å². The first-order chi connectivity index (χ1) is 13.3. The van der Waals surface area contributed by atoms with Gasteiger partial charge in [0, 0.05) is 17.7 Å². The van der Waals surface area contributed by atoms with Crippen molar-refractivity contribution >= 4 is 17.7 Å². The smallest absolute Gasteiger partial charge is 0.233 e. The van der Waals surface area contributed by atoms with Crippen LogP contribution in [0.2, 0.25) is 0 Å². The van der Waals surface area contributed by atoms with E-state index in [2.05, 4.69) is 35.8 Å². The van der Waals surface area contributed by atoms with Crippen molar-refractivity contribution in [1.82, 2.24) is 25.1 Å². The molecular weight excluding hydrogens is 368 g/mol. The molecule has 0 fully saturated rings. The van der Waals surface area contributed by atoms with E-state index in [1.54, 1.807) is 19.9 Å². The number of H-pyrrole nitrogens is 1. The lowest BCUT2D eigenvalue weighted by molar-refractivity contribution is 0.232. The van der Waals surface area contributed by atoms with Crippen LogP contribution in [-0.2, 0) is 0 Å². The van der Waals surface area contributed by atoms with Crippen molar-refractivity contribution in [2.45, 2.75) is 39.8 Å². The molecule has 1 atom stereocenters. The molecule has 2 heterocycles. The zero-order chi connectivity index (χ0) is 20.3. The van der Waals surface area contributed by atoms with Gasteiger partial charge in [-0.3, -0.25) is 0 Å². The predicted molar refractivity (Wildman–Crippen MR) is 101 cm³/mol.